The SMILES string of the molecule is O=C(N/N=C\c1ccco1)[C@H]1Oc2ccccc2O[C@H]1c1ccccc1. The molecular formula is C20H16N2O4. The lowest BCUT2D eigenvalue weighted by Crippen LogP contribution is -2.44. The van der Waals surface area contributed by atoms with Crippen molar-refractivity contribution in [3.8, 4) is 11.5 Å². The lowest BCUT2D eigenvalue weighted by atomic mass is 10.0. The minimum absolute atomic E-state index is 0.406. The molecular weight excluding hydrogens is 332 g/mol. The van der Waals surface area contributed by atoms with Gasteiger partial charge in [0.25, 0.3) is 5.91 Å². The number of benzene rings is 2. The number of hydrogen-bond acceptors (Lipinski definition) is 5. The molecule has 1 aliphatic heterocycles. The molecule has 1 aromatic heterocycles. The molecule has 0 unspecified atom stereocenters. The highest BCUT2D eigenvalue weighted by molar-refractivity contribution is 5.84. The van der Waals surface area contributed by atoms with Gasteiger partial charge < -0.3 is 13.9 Å². The van der Waals surface area contributed by atoms with Crippen LogP contribution in [0.5, 0.6) is 11.5 Å². The van der Waals surface area contributed by atoms with Crippen LogP contribution < -0.4 is 14.9 Å². The van der Waals surface area contributed by atoms with Crippen molar-refractivity contribution in [3.63, 3.8) is 0 Å². The summed E-state index contributed by atoms with van der Waals surface area (Å²) in [4.78, 5) is 12.7. The van der Waals surface area contributed by atoms with Gasteiger partial charge in [0.2, 0.25) is 6.10 Å². The number of amides is 1. The van der Waals surface area contributed by atoms with E-state index in [4.69, 9.17) is 13.9 Å². The Kier molecular flexibility index (Phi) is 4.38. The Morgan fingerprint density at radius 3 is 2.38 bits per heavy atom. The first-order valence-electron chi connectivity index (χ1n) is 8.15. The zero-order valence-corrected chi connectivity index (χ0v) is 13.7. The van der Waals surface area contributed by atoms with Crippen LogP contribution in [0.25, 0.3) is 0 Å². The van der Waals surface area contributed by atoms with E-state index in [9.17, 15) is 4.79 Å². The van der Waals surface area contributed by atoms with Gasteiger partial charge in [-0.15, -0.1) is 0 Å². The Labute approximate surface area is 150 Å². The Balaban J connectivity index is 1.57. The topological polar surface area (TPSA) is 73.1 Å². The highest BCUT2D eigenvalue weighted by Crippen LogP contribution is 2.39. The molecule has 3 aromatic rings. The van der Waals surface area contributed by atoms with E-state index >= 15 is 0 Å². The van der Waals surface area contributed by atoms with Crippen LogP contribution in [-0.4, -0.2) is 18.2 Å². The molecule has 4 rings (SSSR count). The highest BCUT2D eigenvalue weighted by atomic mass is 16.6. The summed E-state index contributed by atoms with van der Waals surface area (Å²) in [5.74, 6) is 1.26. The van der Waals surface area contributed by atoms with Crippen LogP contribution in [0.15, 0.2) is 82.5 Å². The number of fused-ring (bicyclic) bond motifs is 1. The number of furan rings is 1. The van der Waals surface area contributed by atoms with E-state index in [0.717, 1.165) is 5.56 Å². The van der Waals surface area contributed by atoms with Crippen LogP contribution in [0.1, 0.15) is 17.4 Å². The van der Waals surface area contributed by atoms with Crippen molar-refractivity contribution in [3.05, 3.63) is 84.3 Å². The molecule has 0 fully saturated rings. The fraction of sp³-hybridized carbons (Fsp3) is 0.100. The first-order chi connectivity index (χ1) is 12.8. The molecule has 0 bridgehead atoms. The van der Waals surface area contributed by atoms with Crippen LogP contribution in [-0.2, 0) is 4.79 Å². The Bertz CT molecular complexity index is 907. The van der Waals surface area contributed by atoms with Crippen molar-refractivity contribution in [2.75, 3.05) is 0 Å². The summed E-state index contributed by atoms with van der Waals surface area (Å²) < 4.78 is 17.1. The van der Waals surface area contributed by atoms with Crippen LogP contribution >= 0.6 is 0 Å². The minimum atomic E-state index is -0.874. The third-order valence-electron chi connectivity index (χ3n) is 3.93. The van der Waals surface area contributed by atoms with Crippen molar-refractivity contribution < 1.29 is 18.7 Å². The molecule has 2 heterocycles. The predicted molar refractivity (Wildman–Crippen MR) is 95.1 cm³/mol. The van der Waals surface area contributed by atoms with E-state index < -0.39 is 18.1 Å². The number of nitrogens with one attached hydrogen (secondary N) is 1. The Morgan fingerprint density at radius 2 is 1.65 bits per heavy atom. The van der Waals surface area contributed by atoms with Gasteiger partial charge in [0.1, 0.15) is 5.76 Å². The van der Waals surface area contributed by atoms with Crippen molar-refractivity contribution in [1.29, 1.82) is 0 Å². The van der Waals surface area contributed by atoms with Crippen molar-refractivity contribution in [2.45, 2.75) is 12.2 Å². The van der Waals surface area contributed by atoms with E-state index in [-0.39, 0.29) is 0 Å². The van der Waals surface area contributed by atoms with Crippen molar-refractivity contribution in [2.24, 2.45) is 5.10 Å². The van der Waals surface area contributed by atoms with Crippen LogP contribution in [0.2, 0.25) is 0 Å². The molecule has 0 aliphatic carbocycles. The van der Waals surface area contributed by atoms with Crippen molar-refractivity contribution >= 4 is 12.1 Å². The third kappa shape index (κ3) is 3.30. The number of rotatable bonds is 4. The number of para-hydroxylation sites is 2. The number of carbonyl (C=O) groups excluding carboxylic acids is 1. The zero-order chi connectivity index (χ0) is 17.8. The Hall–Kier alpha value is -3.54. The molecule has 0 saturated heterocycles. The van der Waals surface area contributed by atoms with Gasteiger partial charge in [-0.25, -0.2) is 5.43 Å². The smallest absolute Gasteiger partial charge is 0.285 e. The maximum atomic E-state index is 12.7. The van der Waals surface area contributed by atoms with Gasteiger partial charge in [-0.1, -0.05) is 42.5 Å². The zero-order valence-electron chi connectivity index (χ0n) is 13.7. The quantitative estimate of drug-likeness (QED) is 0.580. The summed E-state index contributed by atoms with van der Waals surface area (Å²) in [6, 6.07) is 20.2. The predicted octanol–water partition coefficient (Wildman–Crippen LogP) is 3.31. The molecule has 0 radical (unpaired) electrons. The second-order valence-corrected chi connectivity index (χ2v) is 5.68. The summed E-state index contributed by atoms with van der Waals surface area (Å²) in [5.41, 5.74) is 3.33. The number of hydrogen-bond donors (Lipinski definition) is 1. The van der Waals surface area contributed by atoms with Gasteiger partial charge >= 0.3 is 0 Å². The maximum Gasteiger partial charge on any atom is 0.285 e. The average Bonchev–Trinajstić information content (AvgIpc) is 3.21. The first-order valence-corrected chi connectivity index (χ1v) is 8.15. The summed E-state index contributed by atoms with van der Waals surface area (Å²) in [6.07, 6.45) is 1.50. The summed E-state index contributed by atoms with van der Waals surface area (Å²) in [6.45, 7) is 0. The number of carbonyl (C=O) groups is 1. The third-order valence-corrected chi connectivity index (χ3v) is 3.93. The van der Waals surface area contributed by atoms with Gasteiger partial charge in [0.15, 0.2) is 17.6 Å². The minimum Gasteiger partial charge on any atom is -0.477 e. The molecule has 6 heteroatoms. The molecule has 1 amide bonds. The van der Waals surface area contributed by atoms with Crippen LogP contribution in [0.4, 0.5) is 0 Å². The highest BCUT2D eigenvalue weighted by Gasteiger charge is 2.38. The average molecular weight is 348 g/mol. The molecule has 6 nitrogen and oxygen atoms in total. The molecule has 0 spiro atoms. The molecule has 2 atom stereocenters. The van der Waals surface area contributed by atoms with Gasteiger partial charge in [-0.05, 0) is 29.8 Å². The lowest BCUT2D eigenvalue weighted by molar-refractivity contribution is -0.134. The first kappa shape index (κ1) is 16.0. The fourth-order valence-corrected chi connectivity index (χ4v) is 2.71. The van der Waals surface area contributed by atoms with Gasteiger partial charge in [-0.3, -0.25) is 4.79 Å². The van der Waals surface area contributed by atoms with Gasteiger partial charge in [0, 0.05) is 0 Å². The molecule has 0 saturated carbocycles. The van der Waals surface area contributed by atoms with Gasteiger partial charge in [-0.2, -0.15) is 5.10 Å². The second-order valence-electron chi connectivity index (χ2n) is 5.68. The summed E-state index contributed by atoms with van der Waals surface area (Å²) >= 11 is 0. The molecule has 2 aromatic carbocycles. The second kappa shape index (κ2) is 7.14. The van der Waals surface area contributed by atoms with Gasteiger partial charge in [0.05, 0.1) is 12.5 Å². The fourth-order valence-electron chi connectivity index (χ4n) is 2.71. The molecule has 130 valence electrons. The molecule has 1 N–H and O–H groups in total. The van der Waals surface area contributed by atoms with E-state index in [1.165, 1.54) is 12.5 Å². The number of nitrogens with zero attached hydrogens (tertiary/aromatic N) is 1. The monoisotopic (exact) mass is 348 g/mol. The van der Waals surface area contributed by atoms with E-state index in [1.807, 2.05) is 48.5 Å². The largest absolute Gasteiger partial charge is 0.477 e. The lowest BCUT2D eigenvalue weighted by Gasteiger charge is -2.32. The number of hydrazone groups is 1. The number of ether oxygens (including phenoxy) is 2. The summed E-state index contributed by atoms with van der Waals surface area (Å²) in [5, 5.41) is 3.92. The molecule has 1 aliphatic rings. The van der Waals surface area contributed by atoms with E-state index in [1.54, 1.807) is 18.2 Å². The van der Waals surface area contributed by atoms with E-state index in [0.29, 0.717) is 17.3 Å². The maximum absolute atomic E-state index is 12.7. The summed E-state index contributed by atoms with van der Waals surface area (Å²) in [7, 11) is 0. The Morgan fingerprint density at radius 1 is 0.923 bits per heavy atom. The van der Waals surface area contributed by atoms with Crippen LogP contribution in [0, 0.1) is 0 Å². The molecule has 26 heavy (non-hydrogen) atoms. The van der Waals surface area contributed by atoms with Crippen molar-refractivity contribution in [1.82, 2.24) is 5.43 Å². The normalized spacial score (nSPS) is 18.6. The van der Waals surface area contributed by atoms with E-state index in [2.05, 4.69) is 10.5 Å². The van der Waals surface area contributed by atoms with Crippen LogP contribution in [0.3, 0.4) is 0 Å². The standard InChI is InChI=1S/C20H16N2O4/c23-20(22-21-13-15-9-6-12-24-15)19-18(14-7-2-1-3-8-14)25-16-10-4-5-11-17(16)26-19/h1-13,18-19H,(H,22,23)/b21-13-/t18-,19-/m0/s1.